The molecule has 0 unspecified atom stereocenters. The zero-order valence-electron chi connectivity index (χ0n) is 7.31. The highest BCUT2D eigenvalue weighted by Crippen LogP contribution is 2.26. The lowest BCUT2D eigenvalue weighted by molar-refractivity contribution is 0.416. The van der Waals surface area contributed by atoms with Gasteiger partial charge in [-0.1, -0.05) is 0 Å². The average molecular weight is 205 g/mol. The third-order valence-electron chi connectivity index (χ3n) is 0.994. The van der Waals surface area contributed by atoms with Gasteiger partial charge in [0.2, 0.25) is 0 Å². The summed E-state index contributed by atoms with van der Waals surface area (Å²) in [5.41, 5.74) is 5.77. The van der Waals surface area contributed by atoms with Gasteiger partial charge >= 0.3 is 0 Å². The van der Waals surface area contributed by atoms with Crippen LogP contribution in [-0.4, -0.2) is 12.1 Å². The van der Waals surface area contributed by atoms with Crippen molar-refractivity contribution < 1.29 is 7.48 Å². The van der Waals surface area contributed by atoms with Gasteiger partial charge in [0.1, 0.15) is 16.0 Å². The minimum absolute atomic E-state index is 0.0989. The maximum absolute atomic E-state index is 7.36. The van der Waals surface area contributed by atoms with Gasteiger partial charge in [-0.25, -0.2) is 4.98 Å². The van der Waals surface area contributed by atoms with E-state index in [-0.39, 0.29) is 23.7 Å². The molecule has 0 aromatic carbocycles. The summed E-state index contributed by atoms with van der Waals surface area (Å²) in [6.45, 7) is 0. The quantitative estimate of drug-likeness (QED) is 0.705. The van der Waals surface area contributed by atoms with Gasteiger partial charge in [-0.15, -0.1) is 0 Å². The van der Waals surface area contributed by atoms with Crippen molar-refractivity contribution in [1.29, 1.82) is 0 Å². The van der Waals surface area contributed by atoms with Crippen molar-refractivity contribution in [2.75, 3.05) is 12.8 Å². The van der Waals surface area contributed by atoms with Crippen LogP contribution in [0.5, 0.6) is 5.75 Å². The maximum atomic E-state index is 7.36. The fraction of sp³-hybridized carbons (Fsp3) is 0.167. The highest BCUT2D eigenvalue weighted by molar-refractivity contribution is 9.10. The SMILES string of the molecule is [2H]c1nc(Br)c(N)c(OC)c1[2H]. The fourth-order valence-electron chi connectivity index (χ4n) is 0.510. The summed E-state index contributed by atoms with van der Waals surface area (Å²) in [7, 11) is 1.40. The number of anilines is 1. The van der Waals surface area contributed by atoms with Gasteiger partial charge in [-0.2, -0.15) is 0 Å². The summed E-state index contributed by atoms with van der Waals surface area (Å²) in [6, 6.07) is -0.0989. The number of rotatable bonds is 1. The number of nitrogen functional groups attached to an aromatic ring is 1. The van der Waals surface area contributed by atoms with Gasteiger partial charge in [0, 0.05) is 12.2 Å². The summed E-state index contributed by atoms with van der Waals surface area (Å²) in [5.74, 6) is 0.182. The zero-order valence-corrected chi connectivity index (χ0v) is 6.90. The number of aromatic nitrogens is 1. The van der Waals surface area contributed by atoms with Crippen molar-refractivity contribution in [3.8, 4) is 5.75 Å². The number of halogens is 1. The number of hydrogen-bond donors (Lipinski definition) is 1. The summed E-state index contributed by atoms with van der Waals surface area (Å²) in [4.78, 5) is 3.67. The molecule has 1 aromatic heterocycles. The predicted molar refractivity (Wildman–Crippen MR) is 42.9 cm³/mol. The van der Waals surface area contributed by atoms with Crippen molar-refractivity contribution in [2.24, 2.45) is 0 Å². The lowest BCUT2D eigenvalue weighted by Gasteiger charge is -2.02. The molecular formula is C6H7BrN2O. The largest absolute Gasteiger partial charge is 0.494 e. The Balaban J connectivity index is 3.42. The molecule has 0 atom stereocenters. The molecule has 1 heterocycles. The number of nitrogens with zero attached hydrogens (tertiary/aromatic N) is 1. The van der Waals surface area contributed by atoms with E-state index in [1.165, 1.54) is 7.11 Å². The Morgan fingerprint density at radius 1 is 1.90 bits per heavy atom. The van der Waals surface area contributed by atoms with Gasteiger partial charge in [0.15, 0.2) is 0 Å². The van der Waals surface area contributed by atoms with Crippen molar-refractivity contribution in [1.82, 2.24) is 4.98 Å². The molecule has 0 aliphatic heterocycles. The van der Waals surface area contributed by atoms with E-state index in [9.17, 15) is 0 Å². The van der Waals surface area contributed by atoms with Crippen LogP contribution in [0.15, 0.2) is 16.8 Å². The van der Waals surface area contributed by atoms with Crippen LogP contribution in [0, 0.1) is 0 Å². The van der Waals surface area contributed by atoms with Crippen LogP contribution in [0.4, 0.5) is 5.69 Å². The summed E-state index contributed by atoms with van der Waals surface area (Å²) in [5, 5.41) is 0. The van der Waals surface area contributed by atoms with Crippen molar-refractivity contribution in [3.63, 3.8) is 0 Å². The van der Waals surface area contributed by atoms with Crippen LogP contribution in [0.3, 0.4) is 0 Å². The van der Waals surface area contributed by atoms with E-state index in [4.69, 9.17) is 13.2 Å². The first-order valence-corrected chi connectivity index (χ1v) is 3.33. The molecule has 0 aliphatic rings. The summed E-state index contributed by atoms with van der Waals surface area (Å²) in [6.07, 6.45) is -0.159. The molecular weight excluding hydrogens is 196 g/mol. The molecule has 4 heteroatoms. The Bertz CT molecular complexity index is 293. The topological polar surface area (TPSA) is 48.1 Å². The van der Waals surface area contributed by atoms with Crippen molar-refractivity contribution >= 4 is 21.6 Å². The Labute approximate surface area is 70.1 Å². The molecule has 0 amide bonds. The van der Waals surface area contributed by atoms with E-state index >= 15 is 0 Å². The first kappa shape index (κ1) is 4.96. The smallest absolute Gasteiger partial charge is 0.146 e. The molecule has 1 aromatic rings. The molecule has 0 fully saturated rings. The van der Waals surface area contributed by atoms with E-state index in [1.54, 1.807) is 0 Å². The van der Waals surface area contributed by atoms with Gasteiger partial charge in [-0.05, 0) is 15.9 Å². The number of methoxy groups -OCH3 is 1. The lowest BCUT2D eigenvalue weighted by Crippen LogP contribution is -1.94. The number of ether oxygens (including phenoxy) is 1. The maximum Gasteiger partial charge on any atom is 0.146 e. The Morgan fingerprint density at radius 3 is 3.20 bits per heavy atom. The molecule has 0 bridgehead atoms. The monoisotopic (exact) mass is 204 g/mol. The van der Waals surface area contributed by atoms with Crippen LogP contribution in [-0.2, 0) is 0 Å². The van der Waals surface area contributed by atoms with E-state index in [0.29, 0.717) is 4.60 Å². The van der Waals surface area contributed by atoms with E-state index in [2.05, 4.69) is 20.9 Å². The van der Waals surface area contributed by atoms with E-state index < -0.39 is 0 Å². The molecule has 3 nitrogen and oxygen atoms in total. The highest BCUT2D eigenvalue weighted by atomic mass is 79.9. The molecule has 0 saturated carbocycles. The zero-order chi connectivity index (χ0) is 9.30. The molecule has 0 aliphatic carbocycles. The Hall–Kier alpha value is -0.770. The lowest BCUT2D eigenvalue weighted by atomic mass is 10.4. The molecule has 10 heavy (non-hydrogen) atoms. The molecule has 1 rings (SSSR count). The van der Waals surface area contributed by atoms with E-state index in [1.807, 2.05) is 0 Å². The van der Waals surface area contributed by atoms with Crippen molar-refractivity contribution in [2.45, 2.75) is 0 Å². The van der Waals surface area contributed by atoms with E-state index in [0.717, 1.165) is 0 Å². The molecule has 0 radical (unpaired) electrons. The minimum Gasteiger partial charge on any atom is -0.494 e. The van der Waals surface area contributed by atoms with Gasteiger partial charge in [0.05, 0.1) is 9.85 Å². The first-order valence-electron chi connectivity index (χ1n) is 3.54. The predicted octanol–water partition coefficient (Wildman–Crippen LogP) is 1.43. The Kier molecular flexibility index (Phi) is 1.43. The number of nitrogens with two attached hydrogens (primary N) is 1. The third kappa shape index (κ3) is 1.21. The fourth-order valence-corrected chi connectivity index (χ4v) is 0.779. The van der Waals surface area contributed by atoms with Crippen LogP contribution >= 0.6 is 15.9 Å². The summed E-state index contributed by atoms with van der Waals surface area (Å²) >= 11 is 3.05. The van der Waals surface area contributed by atoms with Crippen LogP contribution in [0.25, 0.3) is 0 Å². The van der Waals surface area contributed by atoms with Crippen LogP contribution < -0.4 is 10.5 Å². The van der Waals surface area contributed by atoms with Crippen LogP contribution in [0.1, 0.15) is 2.74 Å². The van der Waals surface area contributed by atoms with Gasteiger partial charge < -0.3 is 10.5 Å². The second kappa shape index (κ2) is 2.88. The molecule has 54 valence electrons. The number of pyridine rings is 1. The second-order valence-electron chi connectivity index (χ2n) is 1.59. The number of hydrogen-bond acceptors (Lipinski definition) is 3. The van der Waals surface area contributed by atoms with Gasteiger partial charge in [-0.3, -0.25) is 0 Å². The molecule has 0 saturated heterocycles. The highest BCUT2D eigenvalue weighted by Gasteiger charge is 2.01. The van der Waals surface area contributed by atoms with Crippen molar-refractivity contribution in [3.05, 3.63) is 16.8 Å². The van der Waals surface area contributed by atoms with Crippen LogP contribution in [0.2, 0.25) is 0 Å². The second-order valence-corrected chi connectivity index (χ2v) is 2.34. The molecule has 0 spiro atoms. The minimum atomic E-state index is -0.159. The first-order chi connectivity index (χ1) is 5.57. The van der Waals surface area contributed by atoms with Gasteiger partial charge in [0.25, 0.3) is 0 Å². The Morgan fingerprint density at radius 2 is 2.60 bits per heavy atom. The molecule has 2 N–H and O–H groups in total. The standard InChI is InChI=1S/C6H7BrN2O/c1-10-4-2-3-9-6(7)5(4)8/h2-3H,8H2,1H3/i2D,3D. The normalized spacial score (nSPS) is 12.2. The average Bonchev–Trinajstić information content (AvgIpc) is 2.02. The third-order valence-corrected chi connectivity index (χ3v) is 1.60. The summed E-state index contributed by atoms with van der Waals surface area (Å²) < 4.78 is 19.8.